The smallest absolute Gasteiger partial charge is 0.231 e. The van der Waals surface area contributed by atoms with Crippen LogP contribution in [0.4, 0.5) is 5.69 Å². The molecule has 1 aromatic carbocycles. The third-order valence-electron chi connectivity index (χ3n) is 3.88. The Kier molecular flexibility index (Phi) is 3.06. The number of aliphatic carboxylic acids is 1. The summed E-state index contributed by atoms with van der Waals surface area (Å²) in [7, 11) is 0. The monoisotopic (exact) mass is 272 g/mol. The fourth-order valence-corrected chi connectivity index (χ4v) is 2.83. The zero-order valence-electron chi connectivity index (χ0n) is 10.9. The van der Waals surface area contributed by atoms with Crippen LogP contribution >= 0.6 is 0 Å². The Morgan fingerprint density at radius 2 is 1.80 bits per heavy atom. The molecule has 2 bridgehead atoms. The standard InChI is InChI=1S/C15H15NO4/c1-8-4-2-3-5-9(8)16-14(17)12-10-6-7-11(20-10)13(12)15(18)19/h2-7,10-13H,1H3,(H,16,17)(H,18,19)/p-1/t10-,11+,12-,13-/m0/s1. The number of nitrogens with one attached hydrogen (secondary N) is 1. The minimum absolute atomic E-state index is 0.342. The molecule has 1 N–H and O–H groups in total. The van der Waals surface area contributed by atoms with Crippen molar-refractivity contribution >= 4 is 17.6 Å². The van der Waals surface area contributed by atoms with Crippen molar-refractivity contribution in [1.82, 2.24) is 0 Å². The van der Waals surface area contributed by atoms with Crippen molar-refractivity contribution in [3.8, 4) is 0 Å². The Morgan fingerprint density at radius 1 is 1.15 bits per heavy atom. The van der Waals surface area contributed by atoms with Crippen LogP contribution in [0.5, 0.6) is 0 Å². The van der Waals surface area contributed by atoms with Gasteiger partial charge < -0.3 is 20.0 Å². The lowest BCUT2D eigenvalue weighted by molar-refractivity contribution is -0.313. The topological polar surface area (TPSA) is 78.5 Å². The molecule has 104 valence electrons. The van der Waals surface area contributed by atoms with Gasteiger partial charge in [0.2, 0.25) is 5.91 Å². The number of amides is 1. The number of carboxylic acids is 1. The molecule has 2 aliphatic heterocycles. The first-order valence-electron chi connectivity index (χ1n) is 6.49. The number of para-hydroxylation sites is 1. The Balaban J connectivity index is 1.82. The molecule has 0 spiro atoms. The maximum Gasteiger partial charge on any atom is 0.231 e. The number of hydrogen-bond donors (Lipinski definition) is 1. The largest absolute Gasteiger partial charge is 0.550 e. The van der Waals surface area contributed by atoms with Crippen LogP contribution in [0, 0.1) is 18.8 Å². The molecule has 5 heteroatoms. The van der Waals surface area contributed by atoms with Crippen LogP contribution in [0.15, 0.2) is 36.4 Å². The summed E-state index contributed by atoms with van der Waals surface area (Å²) in [4.78, 5) is 23.6. The van der Waals surface area contributed by atoms with Gasteiger partial charge in [0.05, 0.1) is 18.1 Å². The van der Waals surface area contributed by atoms with E-state index < -0.39 is 30.0 Å². The second-order valence-corrected chi connectivity index (χ2v) is 5.12. The quantitative estimate of drug-likeness (QED) is 0.800. The molecule has 20 heavy (non-hydrogen) atoms. The molecule has 1 aromatic rings. The maximum absolute atomic E-state index is 12.4. The van der Waals surface area contributed by atoms with Gasteiger partial charge in [-0.1, -0.05) is 30.4 Å². The van der Waals surface area contributed by atoms with E-state index in [4.69, 9.17) is 4.74 Å². The Hall–Kier alpha value is -2.14. The minimum Gasteiger partial charge on any atom is -0.550 e. The predicted molar refractivity (Wildman–Crippen MR) is 69.6 cm³/mol. The van der Waals surface area contributed by atoms with Gasteiger partial charge in [0.15, 0.2) is 0 Å². The van der Waals surface area contributed by atoms with E-state index in [-0.39, 0.29) is 5.91 Å². The lowest BCUT2D eigenvalue weighted by Crippen LogP contribution is -2.45. The normalized spacial score (nSPS) is 30.4. The molecule has 0 aromatic heterocycles. The van der Waals surface area contributed by atoms with Crippen LogP contribution in [0.3, 0.4) is 0 Å². The second-order valence-electron chi connectivity index (χ2n) is 5.12. The molecule has 5 nitrogen and oxygen atoms in total. The van der Waals surface area contributed by atoms with E-state index in [9.17, 15) is 14.7 Å². The minimum atomic E-state index is -1.24. The Morgan fingerprint density at radius 3 is 2.45 bits per heavy atom. The average molecular weight is 272 g/mol. The number of carbonyl (C=O) groups is 2. The molecule has 0 radical (unpaired) electrons. The highest BCUT2D eigenvalue weighted by atomic mass is 16.5. The Labute approximate surface area is 116 Å². The highest BCUT2D eigenvalue weighted by Gasteiger charge is 2.50. The molecule has 2 aliphatic rings. The summed E-state index contributed by atoms with van der Waals surface area (Å²) in [5.74, 6) is -3.25. The first kappa shape index (κ1) is 12.9. The fraction of sp³-hybridized carbons (Fsp3) is 0.333. The molecule has 0 unspecified atom stereocenters. The number of carboxylic acid groups (broad SMARTS) is 1. The number of fused-ring (bicyclic) bond motifs is 2. The summed E-state index contributed by atoms with van der Waals surface area (Å²) in [6, 6.07) is 7.35. The number of ether oxygens (including phenoxy) is 1. The molecule has 0 aliphatic carbocycles. The average Bonchev–Trinajstić information content (AvgIpc) is 3.01. The van der Waals surface area contributed by atoms with E-state index in [1.54, 1.807) is 18.2 Å². The number of aryl methyl sites for hydroxylation is 1. The van der Waals surface area contributed by atoms with Gasteiger partial charge in [0.1, 0.15) is 0 Å². The highest BCUT2D eigenvalue weighted by Crippen LogP contribution is 2.39. The summed E-state index contributed by atoms with van der Waals surface area (Å²) >= 11 is 0. The van der Waals surface area contributed by atoms with Gasteiger partial charge in [0, 0.05) is 17.6 Å². The van der Waals surface area contributed by atoms with Crippen molar-refractivity contribution in [3.05, 3.63) is 42.0 Å². The lowest BCUT2D eigenvalue weighted by atomic mass is 9.82. The lowest BCUT2D eigenvalue weighted by Gasteiger charge is -2.25. The van der Waals surface area contributed by atoms with E-state index in [1.165, 1.54) is 0 Å². The first-order chi connectivity index (χ1) is 9.58. The van der Waals surface area contributed by atoms with Gasteiger partial charge in [-0.3, -0.25) is 4.79 Å². The second kappa shape index (κ2) is 4.76. The van der Waals surface area contributed by atoms with Crippen LogP contribution < -0.4 is 10.4 Å². The number of anilines is 1. The maximum atomic E-state index is 12.4. The van der Waals surface area contributed by atoms with Crippen molar-refractivity contribution in [1.29, 1.82) is 0 Å². The number of carbonyl (C=O) groups excluding carboxylic acids is 2. The first-order valence-corrected chi connectivity index (χ1v) is 6.49. The van der Waals surface area contributed by atoms with E-state index in [2.05, 4.69) is 5.32 Å². The molecular weight excluding hydrogens is 258 g/mol. The van der Waals surface area contributed by atoms with E-state index in [0.29, 0.717) is 5.69 Å². The zero-order chi connectivity index (χ0) is 14.3. The van der Waals surface area contributed by atoms with Gasteiger partial charge >= 0.3 is 0 Å². The predicted octanol–water partition coefficient (Wildman–Crippen LogP) is 0.253. The van der Waals surface area contributed by atoms with Gasteiger partial charge in [-0.15, -0.1) is 0 Å². The van der Waals surface area contributed by atoms with Crippen molar-refractivity contribution in [2.75, 3.05) is 5.32 Å². The van der Waals surface area contributed by atoms with Gasteiger partial charge in [-0.2, -0.15) is 0 Å². The molecule has 4 atom stereocenters. The molecule has 1 fully saturated rings. The molecular formula is C15H14NO4-. The third-order valence-corrected chi connectivity index (χ3v) is 3.88. The molecule has 1 saturated heterocycles. The fourth-order valence-electron chi connectivity index (χ4n) is 2.83. The number of benzene rings is 1. The van der Waals surface area contributed by atoms with Crippen molar-refractivity contribution in [3.63, 3.8) is 0 Å². The molecule has 2 heterocycles. The van der Waals surface area contributed by atoms with E-state index in [0.717, 1.165) is 5.56 Å². The Bertz CT molecular complexity index is 595. The number of hydrogen-bond acceptors (Lipinski definition) is 4. The summed E-state index contributed by atoms with van der Waals surface area (Å²) in [6.45, 7) is 1.88. The molecule has 1 amide bonds. The van der Waals surface area contributed by atoms with Gasteiger partial charge in [-0.25, -0.2) is 0 Å². The van der Waals surface area contributed by atoms with Crippen molar-refractivity contribution < 1.29 is 19.4 Å². The van der Waals surface area contributed by atoms with Crippen LogP contribution in [-0.4, -0.2) is 24.1 Å². The number of rotatable bonds is 3. The van der Waals surface area contributed by atoms with Crippen LogP contribution in [0.25, 0.3) is 0 Å². The zero-order valence-corrected chi connectivity index (χ0v) is 10.9. The molecule has 0 saturated carbocycles. The SMILES string of the molecule is Cc1ccccc1NC(=O)[C@@H]1[C@@H](C(=O)[O-])[C@H]2C=C[C@@H]1O2. The van der Waals surface area contributed by atoms with Crippen LogP contribution in [0.2, 0.25) is 0 Å². The van der Waals surface area contributed by atoms with Crippen LogP contribution in [0.1, 0.15) is 5.56 Å². The third kappa shape index (κ3) is 2.00. The van der Waals surface area contributed by atoms with Gasteiger partial charge in [-0.05, 0) is 18.6 Å². The van der Waals surface area contributed by atoms with E-state index >= 15 is 0 Å². The van der Waals surface area contributed by atoms with Crippen molar-refractivity contribution in [2.45, 2.75) is 19.1 Å². The molecule has 3 rings (SSSR count). The van der Waals surface area contributed by atoms with E-state index in [1.807, 2.05) is 25.1 Å². The van der Waals surface area contributed by atoms with Gasteiger partial charge in [0.25, 0.3) is 0 Å². The summed E-state index contributed by atoms with van der Waals surface area (Å²) in [5.41, 5.74) is 1.60. The highest BCUT2D eigenvalue weighted by molar-refractivity contribution is 5.96. The summed E-state index contributed by atoms with van der Waals surface area (Å²) in [5, 5.41) is 14.0. The van der Waals surface area contributed by atoms with Crippen LogP contribution in [-0.2, 0) is 14.3 Å². The van der Waals surface area contributed by atoms with Crippen molar-refractivity contribution in [2.24, 2.45) is 11.8 Å². The summed E-state index contributed by atoms with van der Waals surface area (Å²) in [6.07, 6.45) is 2.39. The summed E-state index contributed by atoms with van der Waals surface area (Å²) < 4.78 is 5.46.